The summed E-state index contributed by atoms with van der Waals surface area (Å²) in [5.74, 6) is 1.86. The van der Waals surface area contributed by atoms with Crippen LogP contribution >= 0.6 is 11.8 Å². The molecule has 0 unspecified atom stereocenters. The number of benzene rings is 1. The second-order valence-electron chi connectivity index (χ2n) is 4.52. The molecule has 1 aromatic carbocycles. The van der Waals surface area contributed by atoms with E-state index in [0.717, 1.165) is 11.3 Å². The van der Waals surface area contributed by atoms with Gasteiger partial charge in [0.05, 0.1) is 5.75 Å². The Morgan fingerprint density at radius 2 is 2.00 bits per heavy atom. The van der Waals surface area contributed by atoms with Crippen molar-refractivity contribution in [1.29, 1.82) is 0 Å². The van der Waals surface area contributed by atoms with Crippen molar-refractivity contribution in [2.45, 2.75) is 13.0 Å². The van der Waals surface area contributed by atoms with Gasteiger partial charge in [-0.2, -0.15) is 11.8 Å². The number of primary amides is 1. The van der Waals surface area contributed by atoms with E-state index in [1.807, 2.05) is 18.2 Å². The smallest absolute Gasteiger partial charge is 0.227 e. The number of amides is 2. The number of hydrogen-bond donors (Lipinski definition) is 2. The second kappa shape index (κ2) is 7.78. The molecular weight excluding hydrogens is 292 g/mol. The lowest BCUT2D eigenvalue weighted by atomic mass is 10.2. The van der Waals surface area contributed by atoms with Gasteiger partial charge in [-0.05, 0) is 17.7 Å². The van der Waals surface area contributed by atoms with Gasteiger partial charge in [-0.1, -0.05) is 6.07 Å². The normalized spacial score (nSPS) is 12.8. The predicted octanol–water partition coefficient (Wildman–Crippen LogP) is 0.683. The van der Waals surface area contributed by atoms with Crippen molar-refractivity contribution >= 4 is 23.6 Å². The number of carbonyl (C=O) groups is 2. The lowest BCUT2D eigenvalue weighted by Gasteiger charge is -2.18. The summed E-state index contributed by atoms with van der Waals surface area (Å²) in [6.45, 7) is 1.54. The lowest BCUT2D eigenvalue weighted by molar-refractivity contribution is -0.121. The topological polar surface area (TPSA) is 90.7 Å². The van der Waals surface area contributed by atoms with Crippen LogP contribution in [0.4, 0.5) is 0 Å². The zero-order valence-electron chi connectivity index (χ0n) is 11.6. The van der Waals surface area contributed by atoms with E-state index in [9.17, 15) is 9.59 Å². The molecule has 0 atom stereocenters. The van der Waals surface area contributed by atoms with Gasteiger partial charge < -0.3 is 20.5 Å². The Hall–Kier alpha value is -1.89. The predicted molar refractivity (Wildman–Crippen MR) is 80.4 cm³/mol. The quantitative estimate of drug-likeness (QED) is 0.723. The summed E-state index contributed by atoms with van der Waals surface area (Å²) in [4.78, 5) is 22.2. The molecule has 2 amide bonds. The molecule has 2 rings (SSSR count). The molecule has 3 N–H and O–H groups in total. The molecule has 0 aromatic heterocycles. The highest BCUT2D eigenvalue weighted by Gasteiger charge is 2.12. The van der Waals surface area contributed by atoms with Crippen molar-refractivity contribution in [2.75, 3.05) is 24.7 Å². The van der Waals surface area contributed by atoms with E-state index in [0.29, 0.717) is 37.7 Å². The molecule has 1 aliphatic heterocycles. The highest BCUT2D eigenvalue weighted by molar-refractivity contribution is 7.99. The van der Waals surface area contributed by atoms with E-state index in [-0.39, 0.29) is 17.6 Å². The Bertz CT molecular complexity index is 522. The molecule has 0 saturated carbocycles. The van der Waals surface area contributed by atoms with Crippen molar-refractivity contribution in [3.63, 3.8) is 0 Å². The summed E-state index contributed by atoms with van der Waals surface area (Å²) in [6.07, 6.45) is 0.364. The average Bonchev–Trinajstić information content (AvgIpc) is 2.49. The Morgan fingerprint density at radius 3 is 2.76 bits per heavy atom. The van der Waals surface area contributed by atoms with E-state index >= 15 is 0 Å². The maximum atomic E-state index is 11.7. The highest BCUT2D eigenvalue weighted by Crippen LogP contribution is 2.30. The Kier molecular flexibility index (Phi) is 5.74. The van der Waals surface area contributed by atoms with Crippen LogP contribution in [0.1, 0.15) is 12.0 Å². The largest absolute Gasteiger partial charge is 0.486 e. The average molecular weight is 310 g/mol. The second-order valence-corrected chi connectivity index (χ2v) is 5.63. The molecule has 1 heterocycles. The van der Waals surface area contributed by atoms with Gasteiger partial charge in [0.1, 0.15) is 13.2 Å². The molecular formula is C14H18N2O4S. The van der Waals surface area contributed by atoms with Crippen LogP contribution in [0.25, 0.3) is 0 Å². The summed E-state index contributed by atoms with van der Waals surface area (Å²) in [6, 6.07) is 5.62. The number of carbonyl (C=O) groups excluding carboxylic acids is 2. The molecule has 1 aliphatic rings. The number of ether oxygens (including phenoxy) is 2. The van der Waals surface area contributed by atoms with E-state index in [1.54, 1.807) is 0 Å². The molecule has 114 valence electrons. The summed E-state index contributed by atoms with van der Waals surface area (Å²) < 4.78 is 10.9. The minimum Gasteiger partial charge on any atom is -0.486 e. The molecule has 7 heteroatoms. The van der Waals surface area contributed by atoms with Crippen LogP contribution in [0.15, 0.2) is 18.2 Å². The number of hydrogen-bond acceptors (Lipinski definition) is 5. The van der Waals surface area contributed by atoms with Crippen molar-refractivity contribution in [2.24, 2.45) is 5.73 Å². The molecule has 6 nitrogen and oxygen atoms in total. The number of thioether (sulfide) groups is 1. The zero-order chi connectivity index (χ0) is 15.1. The van der Waals surface area contributed by atoms with E-state index in [2.05, 4.69) is 5.32 Å². The van der Waals surface area contributed by atoms with E-state index in [4.69, 9.17) is 15.2 Å². The van der Waals surface area contributed by atoms with Gasteiger partial charge in [-0.15, -0.1) is 0 Å². The SMILES string of the molecule is NC(=O)CSCCC(=O)NCc1ccc2c(c1)OCCO2. The molecule has 0 spiro atoms. The highest BCUT2D eigenvalue weighted by atomic mass is 32.2. The van der Waals surface area contributed by atoms with Crippen LogP contribution in [0.5, 0.6) is 11.5 Å². The van der Waals surface area contributed by atoms with Gasteiger partial charge in [0.15, 0.2) is 11.5 Å². The first kappa shape index (κ1) is 15.5. The molecule has 1 aromatic rings. The van der Waals surface area contributed by atoms with E-state index < -0.39 is 0 Å². The molecule has 0 fully saturated rings. The fourth-order valence-electron chi connectivity index (χ4n) is 1.82. The van der Waals surface area contributed by atoms with Gasteiger partial charge in [-0.25, -0.2) is 0 Å². The first-order valence-corrected chi connectivity index (χ1v) is 7.82. The molecule has 0 radical (unpaired) electrons. The van der Waals surface area contributed by atoms with Crippen molar-refractivity contribution in [3.8, 4) is 11.5 Å². The van der Waals surface area contributed by atoms with Crippen LogP contribution in [0.3, 0.4) is 0 Å². The standard InChI is InChI=1S/C14H18N2O4S/c15-13(17)9-21-6-3-14(18)16-8-10-1-2-11-12(7-10)20-5-4-19-11/h1-2,7H,3-6,8-9H2,(H2,15,17)(H,16,18). The van der Waals surface area contributed by atoms with Crippen molar-refractivity contribution in [1.82, 2.24) is 5.32 Å². The van der Waals surface area contributed by atoms with Gasteiger partial charge >= 0.3 is 0 Å². The number of nitrogens with one attached hydrogen (secondary N) is 1. The third-order valence-corrected chi connectivity index (χ3v) is 3.80. The van der Waals surface area contributed by atoms with Crippen LogP contribution in [0, 0.1) is 0 Å². The number of nitrogens with two attached hydrogens (primary N) is 1. The summed E-state index contributed by atoms with van der Waals surface area (Å²) in [5.41, 5.74) is 5.97. The first-order chi connectivity index (χ1) is 10.1. The summed E-state index contributed by atoms with van der Waals surface area (Å²) in [7, 11) is 0. The lowest BCUT2D eigenvalue weighted by Crippen LogP contribution is -2.23. The van der Waals surface area contributed by atoms with Gasteiger partial charge in [0, 0.05) is 18.7 Å². The zero-order valence-corrected chi connectivity index (χ0v) is 12.4. The summed E-state index contributed by atoms with van der Waals surface area (Å²) >= 11 is 1.36. The fraction of sp³-hybridized carbons (Fsp3) is 0.429. The van der Waals surface area contributed by atoms with Crippen LogP contribution < -0.4 is 20.5 Å². The molecule has 0 saturated heterocycles. The molecule has 0 bridgehead atoms. The monoisotopic (exact) mass is 310 g/mol. The minimum atomic E-state index is -0.364. The Labute approximate surface area is 127 Å². The first-order valence-electron chi connectivity index (χ1n) is 6.66. The number of fused-ring (bicyclic) bond motifs is 1. The van der Waals surface area contributed by atoms with Crippen LogP contribution in [-0.4, -0.2) is 36.5 Å². The maximum Gasteiger partial charge on any atom is 0.227 e. The minimum absolute atomic E-state index is 0.0538. The number of rotatable bonds is 7. The van der Waals surface area contributed by atoms with Crippen LogP contribution in [-0.2, 0) is 16.1 Å². The Balaban J connectivity index is 1.72. The van der Waals surface area contributed by atoms with Crippen molar-refractivity contribution in [3.05, 3.63) is 23.8 Å². The van der Waals surface area contributed by atoms with Gasteiger partial charge in [0.2, 0.25) is 11.8 Å². The van der Waals surface area contributed by atoms with Gasteiger partial charge in [-0.3, -0.25) is 9.59 Å². The summed E-state index contributed by atoms with van der Waals surface area (Å²) in [5, 5.41) is 2.83. The fourth-order valence-corrected chi connectivity index (χ4v) is 2.50. The van der Waals surface area contributed by atoms with E-state index in [1.165, 1.54) is 11.8 Å². The third-order valence-electron chi connectivity index (χ3n) is 2.81. The maximum absolute atomic E-state index is 11.7. The third kappa shape index (κ3) is 5.18. The Morgan fingerprint density at radius 1 is 1.24 bits per heavy atom. The van der Waals surface area contributed by atoms with Gasteiger partial charge in [0.25, 0.3) is 0 Å². The van der Waals surface area contributed by atoms with Crippen LogP contribution in [0.2, 0.25) is 0 Å². The molecule has 0 aliphatic carbocycles. The molecule has 21 heavy (non-hydrogen) atoms. The van der Waals surface area contributed by atoms with Crippen molar-refractivity contribution < 1.29 is 19.1 Å².